The quantitative estimate of drug-likeness (QED) is 0.543. The minimum Gasteiger partial charge on any atom is -0.392 e. The van der Waals surface area contributed by atoms with Gasteiger partial charge in [0.1, 0.15) is 5.78 Å². The molecule has 0 bridgehead atoms. The second-order valence-electron chi connectivity index (χ2n) is 10.7. The molecule has 7 atom stereocenters. The lowest BCUT2D eigenvalue weighted by molar-refractivity contribution is -0.143. The van der Waals surface area contributed by atoms with Crippen molar-refractivity contribution >= 4 is 29.1 Å². The molecule has 0 spiro atoms. The van der Waals surface area contributed by atoms with E-state index in [0.29, 0.717) is 6.42 Å². The summed E-state index contributed by atoms with van der Waals surface area (Å²) in [6.07, 6.45) is 3.31. The Balaban J connectivity index is 1.81. The van der Waals surface area contributed by atoms with E-state index in [2.05, 4.69) is 10.3 Å². The van der Waals surface area contributed by atoms with Crippen molar-refractivity contribution in [1.29, 1.82) is 0 Å². The van der Waals surface area contributed by atoms with Gasteiger partial charge >= 0.3 is 0 Å². The lowest BCUT2D eigenvalue weighted by atomic mass is 9.73. The highest BCUT2D eigenvalue weighted by molar-refractivity contribution is 7.09. The van der Waals surface area contributed by atoms with Crippen molar-refractivity contribution in [3.8, 4) is 0 Å². The molecule has 2 aliphatic rings. The summed E-state index contributed by atoms with van der Waals surface area (Å²) in [6, 6.07) is -0.247. The Hall–Kier alpha value is -1.61. The van der Waals surface area contributed by atoms with Gasteiger partial charge in [-0.2, -0.15) is 0 Å². The van der Waals surface area contributed by atoms with Crippen LogP contribution >= 0.6 is 11.3 Å². The molecule has 2 saturated heterocycles. The maximum atomic E-state index is 13.2. The number of nitrogens with zero attached hydrogens (tertiary/aromatic N) is 1. The molecule has 2 aliphatic heterocycles. The number of hydrogen-bond acceptors (Lipinski definition) is 7. The number of carbonyl (C=O) groups excluding carboxylic acids is 2. The third kappa shape index (κ3) is 6.53. The van der Waals surface area contributed by atoms with Gasteiger partial charge in [-0.3, -0.25) is 9.59 Å². The highest BCUT2D eigenvalue weighted by Gasteiger charge is 2.44. The number of nitrogens with one attached hydrogen (secondary N) is 1. The van der Waals surface area contributed by atoms with Crippen molar-refractivity contribution in [3.05, 3.63) is 21.7 Å². The number of aliphatic hydroxyl groups is 2. The number of fused-ring (bicyclic) bond motifs is 1. The normalized spacial score (nSPS) is 36.0. The average molecular weight is 493 g/mol. The lowest BCUT2D eigenvalue weighted by Crippen LogP contribution is -2.47. The van der Waals surface area contributed by atoms with Crippen molar-refractivity contribution in [2.75, 3.05) is 0 Å². The van der Waals surface area contributed by atoms with Gasteiger partial charge in [0.05, 0.1) is 53.0 Å². The number of carbonyl (C=O) groups is 2. The van der Waals surface area contributed by atoms with Crippen LogP contribution < -0.4 is 5.32 Å². The largest absolute Gasteiger partial charge is 0.392 e. The summed E-state index contributed by atoms with van der Waals surface area (Å²) in [4.78, 5) is 30.6. The Morgan fingerprint density at radius 1 is 1.24 bits per heavy atom. The van der Waals surface area contributed by atoms with Crippen LogP contribution in [-0.2, 0) is 14.3 Å². The van der Waals surface area contributed by atoms with Crippen LogP contribution in [0.4, 0.5) is 0 Å². The number of aryl methyl sites for hydroxylation is 1. The molecule has 1 aromatic rings. The van der Waals surface area contributed by atoms with Gasteiger partial charge in [-0.15, -0.1) is 11.3 Å². The van der Waals surface area contributed by atoms with Crippen LogP contribution in [-0.4, -0.2) is 57.3 Å². The Morgan fingerprint density at radius 2 is 1.94 bits per heavy atom. The second-order valence-corrected chi connectivity index (χ2v) is 11.8. The number of aromatic nitrogens is 1. The molecule has 0 aliphatic carbocycles. The predicted octanol–water partition coefficient (Wildman–Crippen LogP) is 3.66. The number of ether oxygens (including phenoxy) is 1. The molecule has 8 heteroatoms. The summed E-state index contributed by atoms with van der Waals surface area (Å²) in [6.45, 7) is 10.9. The standard InChI is InChI=1S/C26H40N2O5S/c1-14-8-7-9-20-21(33-20)11-19(15(2)10-18-13-34-17(4)27-18)28-23(30)12-22(29)26(5,6)25(32)16(3)24(14)31/h10,13-14,16,19-22,24,29,31H,7-9,11-12H2,1-6H3,(H,28,30)/b15-10+/t14-,16+,19-,20+,21?,22-,24-/m0/s1. The van der Waals surface area contributed by atoms with E-state index in [4.69, 9.17) is 4.74 Å². The first-order valence-electron chi connectivity index (χ1n) is 12.4. The monoisotopic (exact) mass is 492 g/mol. The van der Waals surface area contributed by atoms with Gasteiger partial charge in [-0.1, -0.05) is 34.1 Å². The maximum absolute atomic E-state index is 13.2. The van der Waals surface area contributed by atoms with E-state index in [0.717, 1.165) is 35.5 Å². The van der Waals surface area contributed by atoms with E-state index in [1.807, 2.05) is 32.2 Å². The van der Waals surface area contributed by atoms with E-state index in [9.17, 15) is 19.8 Å². The molecule has 3 rings (SSSR count). The third-order valence-corrected chi connectivity index (χ3v) is 8.35. The molecule has 3 heterocycles. The van der Waals surface area contributed by atoms with Gasteiger partial charge in [0, 0.05) is 17.7 Å². The summed E-state index contributed by atoms with van der Waals surface area (Å²) in [5, 5.41) is 27.7. The first kappa shape index (κ1) is 27.0. The number of thiazole rings is 1. The highest BCUT2D eigenvalue weighted by Crippen LogP contribution is 2.35. The molecule has 1 aromatic heterocycles. The second kappa shape index (κ2) is 11.0. The van der Waals surface area contributed by atoms with Crippen LogP contribution in [0.1, 0.15) is 77.4 Å². The molecule has 1 amide bonds. The smallest absolute Gasteiger partial charge is 0.223 e. The SMILES string of the molecule is C/C(=C\c1csc(C)n1)[C@@H]1CC2O[C@@H]2CCC[C@H](C)[C@H](O)[C@@H](C)C(=O)C(C)(C)[C@@H](O)CC(=O)N1. The Kier molecular flexibility index (Phi) is 8.71. The molecule has 2 fully saturated rings. The fourth-order valence-corrected chi connectivity index (χ4v) is 5.48. The lowest BCUT2D eigenvalue weighted by Gasteiger charge is -2.34. The number of hydrogen-bond donors (Lipinski definition) is 3. The summed E-state index contributed by atoms with van der Waals surface area (Å²) in [5.74, 6) is -1.21. The van der Waals surface area contributed by atoms with E-state index in [1.54, 1.807) is 32.1 Å². The van der Waals surface area contributed by atoms with Gasteiger partial charge in [-0.25, -0.2) is 4.98 Å². The average Bonchev–Trinajstić information content (AvgIpc) is 3.38. The zero-order valence-electron chi connectivity index (χ0n) is 21.2. The first-order chi connectivity index (χ1) is 15.9. The Labute approximate surface area is 207 Å². The van der Waals surface area contributed by atoms with E-state index in [1.165, 1.54) is 0 Å². The minimum absolute atomic E-state index is 0.0419. The maximum Gasteiger partial charge on any atom is 0.223 e. The summed E-state index contributed by atoms with van der Waals surface area (Å²) in [5.41, 5.74) is 0.685. The molecule has 0 radical (unpaired) electrons. The van der Waals surface area contributed by atoms with Crippen molar-refractivity contribution < 1.29 is 24.5 Å². The Morgan fingerprint density at radius 3 is 2.59 bits per heavy atom. The van der Waals surface area contributed by atoms with Crippen LogP contribution in [0.5, 0.6) is 0 Å². The van der Waals surface area contributed by atoms with E-state index < -0.39 is 23.5 Å². The number of amides is 1. The van der Waals surface area contributed by atoms with Gasteiger partial charge in [0.25, 0.3) is 0 Å². The van der Waals surface area contributed by atoms with Crippen LogP contribution in [0.3, 0.4) is 0 Å². The van der Waals surface area contributed by atoms with Crippen molar-refractivity contribution in [2.45, 2.75) is 104 Å². The van der Waals surface area contributed by atoms with Crippen LogP contribution in [0.15, 0.2) is 11.0 Å². The van der Waals surface area contributed by atoms with Crippen LogP contribution in [0.2, 0.25) is 0 Å². The number of epoxide rings is 1. The number of rotatable bonds is 2. The molecule has 0 saturated carbocycles. The summed E-state index contributed by atoms with van der Waals surface area (Å²) in [7, 11) is 0. The Bertz CT molecular complexity index is 911. The molecular weight excluding hydrogens is 452 g/mol. The zero-order chi connectivity index (χ0) is 25.2. The van der Waals surface area contributed by atoms with Crippen molar-refractivity contribution in [3.63, 3.8) is 0 Å². The molecule has 0 aromatic carbocycles. The first-order valence-corrected chi connectivity index (χ1v) is 13.2. The van der Waals surface area contributed by atoms with Gasteiger partial charge < -0.3 is 20.3 Å². The summed E-state index contributed by atoms with van der Waals surface area (Å²) < 4.78 is 5.91. The topological polar surface area (TPSA) is 112 Å². The third-order valence-electron chi connectivity index (χ3n) is 7.56. The van der Waals surface area contributed by atoms with Gasteiger partial charge in [-0.05, 0) is 44.3 Å². The van der Waals surface area contributed by atoms with E-state index >= 15 is 0 Å². The molecule has 3 N–H and O–H groups in total. The predicted molar refractivity (Wildman–Crippen MR) is 133 cm³/mol. The molecule has 7 nitrogen and oxygen atoms in total. The van der Waals surface area contributed by atoms with Crippen molar-refractivity contribution in [2.24, 2.45) is 17.3 Å². The highest BCUT2D eigenvalue weighted by atomic mass is 32.1. The number of ketones is 1. The zero-order valence-corrected chi connectivity index (χ0v) is 22.0. The van der Waals surface area contributed by atoms with Crippen LogP contribution in [0, 0.1) is 24.2 Å². The number of aliphatic hydroxyl groups excluding tert-OH is 2. The fraction of sp³-hybridized carbons (Fsp3) is 0.731. The molecule has 190 valence electrons. The molecular formula is C26H40N2O5S. The molecule has 34 heavy (non-hydrogen) atoms. The van der Waals surface area contributed by atoms with E-state index in [-0.39, 0.29) is 42.3 Å². The van der Waals surface area contributed by atoms with Crippen LogP contribution in [0.25, 0.3) is 6.08 Å². The summed E-state index contributed by atoms with van der Waals surface area (Å²) >= 11 is 1.58. The van der Waals surface area contributed by atoms with Crippen molar-refractivity contribution in [1.82, 2.24) is 10.3 Å². The minimum atomic E-state index is -1.16. The number of Topliss-reactive ketones (excluding diaryl/α,β-unsaturated/α-hetero) is 1. The van der Waals surface area contributed by atoms with Gasteiger partial charge in [0.15, 0.2) is 0 Å². The fourth-order valence-electron chi connectivity index (χ4n) is 4.91. The van der Waals surface area contributed by atoms with Gasteiger partial charge in [0.2, 0.25) is 5.91 Å². The molecule has 1 unspecified atom stereocenters.